The van der Waals surface area contributed by atoms with E-state index in [0.29, 0.717) is 19.4 Å². The van der Waals surface area contributed by atoms with E-state index in [1.807, 2.05) is 0 Å². The molecule has 0 heterocycles. The molecule has 0 aromatic heterocycles. The number of ether oxygens (including phenoxy) is 1. The predicted octanol–water partition coefficient (Wildman–Crippen LogP) is -0.504. The molecular weight excluding hydrogens is 370 g/mol. The lowest BCUT2D eigenvalue weighted by molar-refractivity contribution is -0.790. The van der Waals surface area contributed by atoms with Crippen LogP contribution in [0.25, 0.3) is 0 Å². The van der Waals surface area contributed by atoms with Gasteiger partial charge in [0.25, 0.3) is 16.6 Å². The zero-order valence-electron chi connectivity index (χ0n) is 14.6. The SMILES string of the molecule is NC(CC(=O)CCCC(CO[N+](=O)[O-])O[N+](=O)[O-])=NCCCC(N)OC=O. The summed E-state index contributed by atoms with van der Waals surface area (Å²) in [6.07, 6.45) is -0.784. The number of carbonyl (C=O) groups excluding carboxylic acids is 2. The van der Waals surface area contributed by atoms with Gasteiger partial charge in [0.15, 0.2) is 6.23 Å². The van der Waals surface area contributed by atoms with E-state index < -0.39 is 29.1 Å². The van der Waals surface area contributed by atoms with Crippen LogP contribution in [0.3, 0.4) is 0 Å². The van der Waals surface area contributed by atoms with Crippen LogP contribution in [0, 0.1) is 20.2 Å². The zero-order valence-corrected chi connectivity index (χ0v) is 14.6. The summed E-state index contributed by atoms with van der Waals surface area (Å²) in [6, 6.07) is 0. The smallest absolute Gasteiger partial charge is 0.294 e. The lowest BCUT2D eigenvalue weighted by atomic mass is 10.1. The van der Waals surface area contributed by atoms with Crippen molar-refractivity contribution in [2.75, 3.05) is 13.2 Å². The average molecular weight is 393 g/mol. The fraction of sp³-hybridized carbons (Fsp3) is 0.769. The molecule has 0 amide bonds. The molecule has 0 aliphatic rings. The maximum Gasteiger partial charge on any atom is 0.294 e. The fourth-order valence-corrected chi connectivity index (χ4v) is 1.96. The zero-order chi connectivity index (χ0) is 20.7. The van der Waals surface area contributed by atoms with Gasteiger partial charge in [0.05, 0.1) is 6.42 Å². The Morgan fingerprint density at radius 2 is 1.89 bits per heavy atom. The van der Waals surface area contributed by atoms with Gasteiger partial charge in [-0.15, -0.1) is 20.2 Å². The number of ketones is 1. The topological polar surface area (TPSA) is 213 Å². The molecule has 2 unspecified atom stereocenters. The highest BCUT2D eigenvalue weighted by Gasteiger charge is 2.16. The molecule has 4 N–H and O–H groups in total. The number of hydrogen-bond acceptors (Lipinski definition) is 11. The van der Waals surface area contributed by atoms with Gasteiger partial charge in [0.1, 0.15) is 24.3 Å². The maximum absolute atomic E-state index is 11.8. The van der Waals surface area contributed by atoms with Crippen molar-refractivity contribution in [2.45, 2.75) is 50.9 Å². The summed E-state index contributed by atoms with van der Waals surface area (Å²) >= 11 is 0. The Morgan fingerprint density at radius 1 is 1.19 bits per heavy atom. The second-order valence-electron chi connectivity index (χ2n) is 5.36. The molecule has 0 saturated heterocycles. The van der Waals surface area contributed by atoms with E-state index in [1.54, 1.807) is 0 Å². The Bertz CT molecular complexity index is 528. The van der Waals surface area contributed by atoms with Crippen molar-refractivity contribution in [1.82, 2.24) is 0 Å². The molecule has 0 saturated carbocycles. The number of Topliss-reactive ketones (excluding diaryl/α,β-unsaturated/α-hetero) is 1. The lowest BCUT2D eigenvalue weighted by Crippen LogP contribution is -2.25. The maximum atomic E-state index is 11.8. The number of amidine groups is 1. The fourth-order valence-electron chi connectivity index (χ4n) is 1.96. The van der Waals surface area contributed by atoms with Gasteiger partial charge in [0.2, 0.25) is 0 Å². The summed E-state index contributed by atoms with van der Waals surface area (Å²) < 4.78 is 4.50. The Balaban J connectivity index is 4.09. The van der Waals surface area contributed by atoms with Gasteiger partial charge in [-0.05, 0) is 25.7 Å². The third-order valence-electron chi connectivity index (χ3n) is 3.15. The number of nitrogens with zero attached hydrogens (tertiary/aromatic N) is 3. The number of carbonyl (C=O) groups is 2. The van der Waals surface area contributed by atoms with Crippen molar-refractivity contribution in [3.63, 3.8) is 0 Å². The number of hydrogen-bond donors (Lipinski definition) is 2. The molecule has 0 fully saturated rings. The Hall–Kier alpha value is -3.03. The molecule has 0 aliphatic carbocycles. The van der Waals surface area contributed by atoms with E-state index in [-0.39, 0.29) is 43.8 Å². The first kappa shape index (κ1) is 24.0. The van der Waals surface area contributed by atoms with Crippen LogP contribution >= 0.6 is 0 Å². The second-order valence-corrected chi connectivity index (χ2v) is 5.36. The van der Waals surface area contributed by atoms with Crippen molar-refractivity contribution in [1.29, 1.82) is 0 Å². The van der Waals surface area contributed by atoms with Crippen LogP contribution in [-0.2, 0) is 24.0 Å². The van der Waals surface area contributed by atoms with Gasteiger partial charge in [-0.1, -0.05) is 0 Å². The first-order valence-corrected chi connectivity index (χ1v) is 7.98. The largest absolute Gasteiger partial charge is 0.449 e. The van der Waals surface area contributed by atoms with Crippen LogP contribution in [-0.4, -0.2) is 53.7 Å². The highest BCUT2D eigenvalue weighted by atomic mass is 17.0. The third kappa shape index (κ3) is 15.0. The minimum atomic E-state index is -1.15. The molecular formula is C13H23N5O9. The molecule has 14 nitrogen and oxygen atoms in total. The van der Waals surface area contributed by atoms with Crippen LogP contribution < -0.4 is 11.5 Å². The normalized spacial score (nSPS) is 13.3. The predicted molar refractivity (Wildman–Crippen MR) is 89.1 cm³/mol. The van der Waals surface area contributed by atoms with Crippen molar-refractivity contribution >= 4 is 18.1 Å². The Morgan fingerprint density at radius 3 is 2.48 bits per heavy atom. The van der Waals surface area contributed by atoms with E-state index in [1.165, 1.54) is 0 Å². The van der Waals surface area contributed by atoms with Crippen molar-refractivity contribution in [3.05, 3.63) is 20.2 Å². The first-order chi connectivity index (χ1) is 12.7. The van der Waals surface area contributed by atoms with E-state index in [0.717, 1.165) is 0 Å². The van der Waals surface area contributed by atoms with Gasteiger partial charge < -0.3 is 20.1 Å². The summed E-state index contributed by atoms with van der Waals surface area (Å²) in [7, 11) is 0. The van der Waals surface area contributed by atoms with Gasteiger partial charge in [-0.3, -0.25) is 20.3 Å². The molecule has 0 bridgehead atoms. The standard InChI is InChI=1S/C13H23N5O9/c14-12(16-6-2-5-13(15)25-9-19)7-10(20)3-1-4-11(27-18(23)24)8-26-17(21)22/h9,11,13H,1-8,15H2,(H2,14,16). The minimum absolute atomic E-state index is 0.0201. The summed E-state index contributed by atoms with van der Waals surface area (Å²) in [4.78, 5) is 54.6. The Labute approximate surface area is 154 Å². The molecule has 0 aliphatic heterocycles. The highest BCUT2D eigenvalue weighted by molar-refractivity contribution is 5.99. The van der Waals surface area contributed by atoms with E-state index >= 15 is 0 Å². The molecule has 0 aromatic rings. The molecule has 0 aromatic carbocycles. The average Bonchev–Trinajstić information content (AvgIpc) is 2.56. The second kappa shape index (κ2) is 14.2. The molecule has 27 heavy (non-hydrogen) atoms. The Kier molecular flexibility index (Phi) is 12.6. The van der Waals surface area contributed by atoms with Crippen LogP contribution in [0.4, 0.5) is 0 Å². The molecule has 154 valence electrons. The summed E-state index contributed by atoms with van der Waals surface area (Å²) in [5.74, 6) is -0.119. The van der Waals surface area contributed by atoms with E-state index in [4.69, 9.17) is 11.5 Å². The minimum Gasteiger partial charge on any atom is -0.449 e. The molecule has 14 heteroatoms. The summed E-state index contributed by atoms with van der Waals surface area (Å²) in [5, 5.41) is 18.3. The van der Waals surface area contributed by atoms with Gasteiger partial charge >= 0.3 is 0 Å². The lowest BCUT2D eigenvalue weighted by Gasteiger charge is -2.13. The number of nitrogens with two attached hydrogens (primary N) is 2. The van der Waals surface area contributed by atoms with E-state index in [9.17, 15) is 29.8 Å². The quantitative estimate of drug-likeness (QED) is 0.0610. The van der Waals surface area contributed by atoms with Crippen LogP contribution in [0.5, 0.6) is 0 Å². The van der Waals surface area contributed by atoms with Crippen molar-refractivity contribution < 1.29 is 34.2 Å². The van der Waals surface area contributed by atoms with Gasteiger partial charge in [-0.2, -0.15) is 0 Å². The summed E-state index contributed by atoms with van der Waals surface area (Å²) in [6.45, 7) is -0.0422. The molecule has 2 atom stereocenters. The third-order valence-corrected chi connectivity index (χ3v) is 3.15. The van der Waals surface area contributed by atoms with Gasteiger partial charge in [-0.25, -0.2) is 0 Å². The van der Waals surface area contributed by atoms with Crippen LogP contribution in [0.2, 0.25) is 0 Å². The molecule has 0 spiro atoms. The number of rotatable bonds is 17. The van der Waals surface area contributed by atoms with Gasteiger partial charge in [0, 0.05) is 13.0 Å². The van der Waals surface area contributed by atoms with Crippen molar-refractivity contribution in [2.24, 2.45) is 16.5 Å². The molecule has 0 radical (unpaired) electrons. The van der Waals surface area contributed by atoms with Crippen LogP contribution in [0.1, 0.15) is 38.5 Å². The summed E-state index contributed by atoms with van der Waals surface area (Å²) in [5.41, 5.74) is 11.1. The van der Waals surface area contributed by atoms with E-state index in [2.05, 4.69) is 19.4 Å². The first-order valence-electron chi connectivity index (χ1n) is 7.98. The highest BCUT2D eigenvalue weighted by Crippen LogP contribution is 2.08. The van der Waals surface area contributed by atoms with Crippen LogP contribution in [0.15, 0.2) is 4.99 Å². The number of aliphatic imine (C=N–C) groups is 1. The molecule has 0 rings (SSSR count). The monoisotopic (exact) mass is 393 g/mol. The van der Waals surface area contributed by atoms with Crippen molar-refractivity contribution in [3.8, 4) is 0 Å².